The second-order valence-corrected chi connectivity index (χ2v) is 7.26. The summed E-state index contributed by atoms with van der Waals surface area (Å²) in [6.45, 7) is 2.53. The zero-order chi connectivity index (χ0) is 20.9. The molecule has 0 aliphatic carbocycles. The molecule has 2 aromatic rings. The van der Waals surface area contributed by atoms with Crippen LogP contribution in [0.15, 0.2) is 24.3 Å². The monoisotopic (exact) mass is 411 g/mol. The van der Waals surface area contributed by atoms with Crippen LogP contribution in [0.2, 0.25) is 0 Å². The molecule has 158 valence electrons. The highest BCUT2D eigenvalue weighted by atomic mass is 16.5. The zero-order valence-corrected chi connectivity index (χ0v) is 16.9. The standard InChI is InChI=1S/C21H25N5O4/c1-22-20(27)19-16-13-18(24-25-19)30-11-5-4-10-29-17-12-14(6-7-15(17)23-16)21(28)26-8-2-3-9-26/h6-7,12-13,23H,2-5,8-11H2,1H3,(H,22,27). The number of hydrogen-bond acceptors (Lipinski definition) is 7. The Kier molecular flexibility index (Phi) is 5.97. The number of carbonyl (C=O) groups is 2. The molecular formula is C21H25N5O4. The van der Waals surface area contributed by atoms with Crippen LogP contribution in [-0.4, -0.2) is 60.3 Å². The maximum Gasteiger partial charge on any atom is 0.273 e. The van der Waals surface area contributed by atoms with Crippen LogP contribution in [0.1, 0.15) is 46.5 Å². The van der Waals surface area contributed by atoms with Crippen LogP contribution in [0.25, 0.3) is 0 Å². The summed E-state index contributed by atoms with van der Waals surface area (Å²) in [6.07, 6.45) is 3.65. The Morgan fingerprint density at radius 2 is 1.77 bits per heavy atom. The predicted molar refractivity (Wildman–Crippen MR) is 111 cm³/mol. The average Bonchev–Trinajstić information content (AvgIpc) is 3.30. The molecule has 2 amide bonds. The van der Waals surface area contributed by atoms with E-state index in [1.807, 2.05) is 4.90 Å². The van der Waals surface area contributed by atoms with Gasteiger partial charge in [-0.05, 0) is 43.9 Å². The SMILES string of the molecule is CNC(=O)c1nnc2cc1Nc1ccc(C(=O)N3CCCC3)cc1OCCCCO2. The second-order valence-electron chi connectivity index (χ2n) is 7.26. The van der Waals surface area contributed by atoms with Crippen LogP contribution in [0.3, 0.4) is 0 Å². The highest BCUT2D eigenvalue weighted by Crippen LogP contribution is 2.32. The minimum atomic E-state index is -0.369. The van der Waals surface area contributed by atoms with Crippen molar-refractivity contribution >= 4 is 23.2 Å². The number of amides is 2. The van der Waals surface area contributed by atoms with Gasteiger partial charge in [0.25, 0.3) is 11.8 Å². The summed E-state index contributed by atoms with van der Waals surface area (Å²) < 4.78 is 11.6. The Morgan fingerprint density at radius 1 is 1.00 bits per heavy atom. The lowest BCUT2D eigenvalue weighted by molar-refractivity contribution is 0.0792. The highest BCUT2D eigenvalue weighted by molar-refractivity contribution is 5.99. The second kappa shape index (κ2) is 8.98. The normalized spacial score (nSPS) is 16.1. The van der Waals surface area contributed by atoms with Crippen molar-refractivity contribution < 1.29 is 19.1 Å². The molecule has 2 aliphatic rings. The Bertz CT molecular complexity index is 943. The largest absolute Gasteiger partial charge is 0.491 e. The third-order valence-electron chi connectivity index (χ3n) is 5.15. The molecule has 0 radical (unpaired) electrons. The van der Waals surface area contributed by atoms with Crippen LogP contribution in [0.4, 0.5) is 11.4 Å². The number of anilines is 2. The van der Waals surface area contributed by atoms with E-state index in [9.17, 15) is 9.59 Å². The summed E-state index contributed by atoms with van der Waals surface area (Å²) in [5.41, 5.74) is 1.82. The van der Waals surface area contributed by atoms with Crippen LogP contribution in [0.5, 0.6) is 11.6 Å². The number of aromatic nitrogens is 2. The highest BCUT2D eigenvalue weighted by Gasteiger charge is 2.22. The van der Waals surface area contributed by atoms with Gasteiger partial charge in [-0.25, -0.2) is 0 Å². The molecule has 0 atom stereocenters. The molecule has 2 N–H and O–H groups in total. The van der Waals surface area contributed by atoms with Gasteiger partial charge in [0.15, 0.2) is 5.69 Å². The Balaban J connectivity index is 1.70. The summed E-state index contributed by atoms with van der Waals surface area (Å²) in [6, 6.07) is 6.97. The molecular weight excluding hydrogens is 386 g/mol. The predicted octanol–water partition coefficient (Wildman–Crippen LogP) is 2.37. The van der Waals surface area contributed by atoms with Crippen LogP contribution in [-0.2, 0) is 0 Å². The van der Waals surface area contributed by atoms with Crippen LogP contribution >= 0.6 is 0 Å². The van der Waals surface area contributed by atoms with Crippen molar-refractivity contribution in [2.45, 2.75) is 25.7 Å². The van der Waals surface area contributed by atoms with Crippen molar-refractivity contribution in [1.82, 2.24) is 20.4 Å². The number of hydrogen-bond donors (Lipinski definition) is 2. The molecule has 2 aliphatic heterocycles. The third kappa shape index (κ3) is 4.29. The van der Waals surface area contributed by atoms with Gasteiger partial charge in [0.2, 0.25) is 5.88 Å². The van der Waals surface area contributed by atoms with E-state index in [0.717, 1.165) is 38.8 Å². The van der Waals surface area contributed by atoms with E-state index < -0.39 is 0 Å². The number of fused-ring (bicyclic) bond motifs is 3. The van der Waals surface area contributed by atoms with Crippen molar-refractivity contribution in [2.75, 3.05) is 38.7 Å². The summed E-state index contributed by atoms with van der Waals surface area (Å²) in [5.74, 6) is 0.543. The average molecular weight is 411 g/mol. The molecule has 1 fully saturated rings. The lowest BCUT2D eigenvalue weighted by Gasteiger charge is -2.19. The zero-order valence-electron chi connectivity index (χ0n) is 16.9. The number of carbonyl (C=O) groups excluding carboxylic acids is 2. The summed E-state index contributed by atoms with van der Waals surface area (Å²) in [7, 11) is 1.53. The van der Waals surface area contributed by atoms with E-state index in [4.69, 9.17) is 9.47 Å². The molecule has 3 heterocycles. The first-order valence-corrected chi connectivity index (χ1v) is 10.2. The van der Waals surface area contributed by atoms with Gasteiger partial charge < -0.3 is 25.0 Å². The van der Waals surface area contributed by atoms with Gasteiger partial charge in [0, 0.05) is 31.8 Å². The van der Waals surface area contributed by atoms with Crippen LogP contribution in [0, 0.1) is 0 Å². The molecule has 2 bridgehead atoms. The molecule has 9 nitrogen and oxygen atoms in total. The van der Waals surface area contributed by atoms with Gasteiger partial charge >= 0.3 is 0 Å². The molecule has 30 heavy (non-hydrogen) atoms. The van der Waals surface area contributed by atoms with Gasteiger partial charge in [0.1, 0.15) is 5.75 Å². The lowest BCUT2D eigenvalue weighted by atomic mass is 10.1. The van der Waals surface area contributed by atoms with E-state index in [1.165, 1.54) is 7.05 Å². The molecule has 1 saturated heterocycles. The van der Waals surface area contributed by atoms with E-state index in [-0.39, 0.29) is 17.5 Å². The van der Waals surface area contributed by atoms with E-state index in [1.54, 1.807) is 24.3 Å². The topological polar surface area (TPSA) is 106 Å². The fraction of sp³-hybridized carbons (Fsp3) is 0.429. The molecule has 0 spiro atoms. The number of likely N-dealkylation sites (tertiary alicyclic amines) is 1. The van der Waals surface area contributed by atoms with E-state index in [2.05, 4.69) is 20.8 Å². The number of benzene rings is 1. The van der Waals surface area contributed by atoms with Crippen LogP contribution < -0.4 is 20.1 Å². The van der Waals surface area contributed by atoms with E-state index in [0.29, 0.717) is 41.8 Å². The molecule has 1 aromatic carbocycles. The Hall–Kier alpha value is -3.36. The third-order valence-corrected chi connectivity index (χ3v) is 5.15. The number of ether oxygens (including phenoxy) is 2. The molecule has 0 saturated carbocycles. The van der Waals surface area contributed by atoms with Crippen molar-refractivity contribution in [2.24, 2.45) is 0 Å². The smallest absolute Gasteiger partial charge is 0.273 e. The number of nitrogens with one attached hydrogen (secondary N) is 2. The molecule has 9 heteroatoms. The van der Waals surface area contributed by atoms with Gasteiger partial charge in [-0.1, -0.05) is 0 Å². The first kappa shape index (κ1) is 19.9. The minimum absolute atomic E-state index is 0.0114. The fourth-order valence-electron chi connectivity index (χ4n) is 3.51. The van der Waals surface area contributed by atoms with Crippen molar-refractivity contribution in [1.29, 1.82) is 0 Å². The van der Waals surface area contributed by atoms with Gasteiger partial charge in [0.05, 0.1) is 24.6 Å². The fourth-order valence-corrected chi connectivity index (χ4v) is 3.51. The molecule has 0 unspecified atom stereocenters. The Labute approximate surface area is 174 Å². The first-order chi connectivity index (χ1) is 14.7. The maximum atomic E-state index is 12.8. The van der Waals surface area contributed by atoms with Crippen molar-refractivity contribution in [3.8, 4) is 11.6 Å². The van der Waals surface area contributed by atoms with Crippen molar-refractivity contribution in [3.63, 3.8) is 0 Å². The quantitative estimate of drug-likeness (QED) is 0.781. The summed E-state index contributed by atoms with van der Waals surface area (Å²) in [5, 5.41) is 13.8. The molecule has 4 rings (SSSR count). The van der Waals surface area contributed by atoms with Gasteiger partial charge in [-0.15, -0.1) is 10.2 Å². The first-order valence-electron chi connectivity index (χ1n) is 10.2. The maximum absolute atomic E-state index is 12.8. The van der Waals surface area contributed by atoms with E-state index >= 15 is 0 Å². The summed E-state index contributed by atoms with van der Waals surface area (Å²) in [4.78, 5) is 26.9. The lowest BCUT2D eigenvalue weighted by Crippen LogP contribution is -2.27. The Morgan fingerprint density at radius 3 is 2.53 bits per heavy atom. The van der Waals surface area contributed by atoms with Crippen molar-refractivity contribution in [3.05, 3.63) is 35.5 Å². The number of rotatable bonds is 2. The number of nitrogens with zero attached hydrogens (tertiary/aromatic N) is 3. The van der Waals surface area contributed by atoms with Gasteiger partial charge in [-0.3, -0.25) is 9.59 Å². The van der Waals surface area contributed by atoms with Gasteiger partial charge in [-0.2, -0.15) is 0 Å². The molecule has 1 aromatic heterocycles. The minimum Gasteiger partial charge on any atom is -0.491 e. The summed E-state index contributed by atoms with van der Waals surface area (Å²) >= 11 is 0.